The van der Waals surface area contributed by atoms with E-state index in [-0.39, 0.29) is 0 Å². The molecule has 17 heavy (non-hydrogen) atoms. The molecule has 1 aromatic carbocycles. The van der Waals surface area contributed by atoms with Gasteiger partial charge in [-0.05, 0) is 36.5 Å². The van der Waals surface area contributed by atoms with Gasteiger partial charge < -0.3 is 4.55 Å². The van der Waals surface area contributed by atoms with Gasteiger partial charge in [0, 0.05) is 0 Å². The Bertz CT molecular complexity index is 366. The molecule has 0 radical (unpaired) electrons. The number of rotatable bonds is 4. The maximum absolute atomic E-state index is 10.8. The summed E-state index contributed by atoms with van der Waals surface area (Å²) in [7, 11) is 0. The van der Waals surface area contributed by atoms with Gasteiger partial charge in [-0.3, -0.25) is 0 Å². The quantitative estimate of drug-likeness (QED) is 0.828. The molecule has 1 atom stereocenters. The zero-order valence-electron chi connectivity index (χ0n) is 10.1. The van der Waals surface area contributed by atoms with Crippen molar-refractivity contribution >= 4 is 11.1 Å². The van der Waals surface area contributed by atoms with E-state index in [1.807, 2.05) is 12.1 Å². The van der Waals surface area contributed by atoms with E-state index in [0.717, 1.165) is 12.3 Å². The smallest absolute Gasteiger partial charge is 0.186 e. The van der Waals surface area contributed by atoms with Crippen LogP contribution in [-0.4, -0.2) is 8.76 Å². The highest BCUT2D eigenvalue weighted by Gasteiger charge is 2.13. The van der Waals surface area contributed by atoms with Crippen LogP contribution in [0.5, 0.6) is 0 Å². The lowest BCUT2D eigenvalue weighted by Crippen LogP contribution is -2.07. The summed E-state index contributed by atoms with van der Waals surface area (Å²) in [6, 6.07) is 7.47. The van der Waals surface area contributed by atoms with Crippen molar-refractivity contribution in [3.63, 3.8) is 0 Å². The average Bonchev–Trinajstić information content (AvgIpc) is 2.38. The van der Waals surface area contributed by atoms with Crippen molar-refractivity contribution < 1.29 is 8.76 Å². The first-order valence-electron chi connectivity index (χ1n) is 6.45. The second-order valence-corrected chi connectivity index (χ2v) is 5.91. The topological polar surface area (TPSA) is 37.3 Å². The maximum atomic E-state index is 10.8. The Morgan fingerprint density at radius 2 is 1.76 bits per heavy atom. The Morgan fingerprint density at radius 3 is 2.35 bits per heavy atom. The number of hydrogen-bond acceptors (Lipinski definition) is 1. The highest BCUT2D eigenvalue weighted by Crippen LogP contribution is 2.27. The molecule has 0 aliphatic heterocycles. The number of hydrogen-bond donors (Lipinski definition) is 1. The summed E-state index contributed by atoms with van der Waals surface area (Å²) in [5, 5.41) is 0. The molecule has 0 spiro atoms. The predicted molar refractivity (Wildman–Crippen MR) is 70.4 cm³/mol. The van der Waals surface area contributed by atoms with Gasteiger partial charge in [-0.15, -0.1) is 0 Å². The van der Waals surface area contributed by atoms with Gasteiger partial charge in [-0.25, -0.2) is 4.21 Å². The average molecular weight is 252 g/mol. The lowest BCUT2D eigenvalue weighted by molar-refractivity contribution is 0.339. The van der Waals surface area contributed by atoms with Crippen molar-refractivity contribution in [1.29, 1.82) is 0 Å². The van der Waals surface area contributed by atoms with Crippen molar-refractivity contribution in [1.82, 2.24) is 0 Å². The second-order valence-electron chi connectivity index (χ2n) is 4.94. The van der Waals surface area contributed by atoms with Gasteiger partial charge in [-0.2, -0.15) is 0 Å². The third kappa shape index (κ3) is 3.93. The molecule has 1 aliphatic carbocycles. The number of aryl methyl sites for hydroxylation is 1. The van der Waals surface area contributed by atoms with Crippen LogP contribution in [0.2, 0.25) is 0 Å². The first-order chi connectivity index (χ1) is 8.25. The summed E-state index contributed by atoms with van der Waals surface area (Å²) >= 11 is -1.85. The highest BCUT2D eigenvalue weighted by molar-refractivity contribution is 7.79. The molecule has 1 aromatic rings. The van der Waals surface area contributed by atoms with Crippen molar-refractivity contribution in [2.45, 2.75) is 49.8 Å². The Kier molecular flexibility index (Phi) is 4.75. The molecule has 1 fully saturated rings. The van der Waals surface area contributed by atoms with Crippen molar-refractivity contribution in [2.24, 2.45) is 5.92 Å². The molecular weight excluding hydrogens is 232 g/mol. The van der Waals surface area contributed by atoms with Gasteiger partial charge in [0.2, 0.25) is 0 Å². The summed E-state index contributed by atoms with van der Waals surface area (Å²) in [5.41, 5.74) is 1.28. The van der Waals surface area contributed by atoms with E-state index in [2.05, 4.69) is 0 Å². The third-order valence-corrected chi connectivity index (χ3v) is 4.37. The lowest BCUT2D eigenvalue weighted by Gasteiger charge is -2.21. The zero-order valence-corrected chi connectivity index (χ0v) is 10.9. The third-order valence-electron chi connectivity index (χ3n) is 3.69. The molecule has 0 bridgehead atoms. The van der Waals surface area contributed by atoms with Crippen molar-refractivity contribution in [2.75, 3.05) is 0 Å². The van der Waals surface area contributed by atoms with Gasteiger partial charge in [-0.1, -0.05) is 44.2 Å². The van der Waals surface area contributed by atoms with Crippen LogP contribution in [-0.2, 0) is 17.5 Å². The molecule has 1 unspecified atom stereocenters. The van der Waals surface area contributed by atoms with E-state index in [0.29, 0.717) is 4.90 Å². The standard InChI is InChI=1S/C14H20O2S/c15-17(16)14-10-8-13(9-11-14)7-6-12-4-2-1-3-5-12/h8-12H,1-7H2,(H,15,16). The van der Waals surface area contributed by atoms with Crippen LogP contribution in [0.15, 0.2) is 29.2 Å². The summed E-state index contributed by atoms with van der Waals surface area (Å²) in [5.74, 6) is 0.899. The van der Waals surface area contributed by atoms with Gasteiger partial charge in [0.1, 0.15) is 0 Å². The Labute approximate surface area is 106 Å². The molecule has 1 N–H and O–H groups in total. The van der Waals surface area contributed by atoms with E-state index >= 15 is 0 Å². The molecule has 0 amide bonds. The van der Waals surface area contributed by atoms with Crippen LogP contribution in [0.25, 0.3) is 0 Å². The largest absolute Gasteiger partial charge is 0.302 e. The minimum absolute atomic E-state index is 0.492. The Hall–Kier alpha value is -0.670. The van der Waals surface area contributed by atoms with Gasteiger partial charge in [0.15, 0.2) is 11.1 Å². The van der Waals surface area contributed by atoms with E-state index in [4.69, 9.17) is 4.55 Å². The van der Waals surface area contributed by atoms with E-state index in [1.165, 1.54) is 44.1 Å². The van der Waals surface area contributed by atoms with Crippen LogP contribution in [0, 0.1) is 5.92 Å². The minimum atomic E-state index is -1.85. The zero-order chi connectivity index (χ0) is 12.1. The summed E-state index contributed by atoms with van der Waals surface area (Å²) < 4.78 is 19.7. The first-order valence-corrected chi connectivity index (χ1v) is 7.56. The maximum Gasteiger partial charge on any atom is 0.186 e. The molecule has 1 saturated carbocycles. The molecule has 0 saturated heterocycles. The minimum Gasteiger partial charge on any atom is -0.302 e. The van der Waals surface area contributed by atoms with Crippen LogP contribution in [0.4, 0.5) is 0 Å². The highest BCUT2D eigenvalue weighted by atomic mass is 32.2. The molecule has 94 valence electrons. The Morgan fingerprint density at radius 1 is 1.12 bits per heavy atom. The van der Waals surface area contributed by atoms with Gasteiger partial charge in [0.25, 0.3) is 0 Å². The van der Waals surface area contributed by atoms with Crippen LogP contribution >= 0.6 is 0 Å². The van der Waals surface area contributed by atoms with Gasteiger partial charge >= 0.3 is 0 Å². The molecule has 2 nitrogen and oxygen atoms in total. The fraction of sp³-hybridized carbons (Fsp3) is 0.571. The molecule has 0 heterocycles. The Balaban J connectivity index is 1.84. The van der Waals surface area contributed by atoms with Gasteiger partial charge in [0.05, 0.1) is 4.90 Å². The fourth-order valence-electron chi connectivity index (χ4n) is 2.62. The summed E-state index contributed by atoms with van der Waals surface area (Å²) in [6.07, 6.45) is 9.34. The summed E-state index contributed by atoms with van der Waals surface area (Å²) in [4.78, 5) is 0.492. The molecule has 0 aromatic heterocycles. The first kappa shape index (κ1) is 12.8. The monoisotopic (exact) mass is 252 g/mol. The molecule has 2 rings (SSSR count). The SMILES string of the molecule is O=S(O)c1ccc(CCC2CCCCC2)cc1. The molecular formula is C14H20O2S. The predicted octanol–water partition coefficient (Wildman–Crippen LogP) is 3.78. The van der Waals surface area contributed by atoms with E-state index < -0.39 is 11.1 Å². The van der Waals surface area contributed by atoms with Crippen molar-refractivity contribution in [3.8, 4) is 0 Å². The number of benzene rings is 1. The van der Waals surface area contributed by atoms with E-state index in [1.54, 1.807) is 12.1 Å². The van der Waals surface area contributed by atoms with E-state index in [9.17, 15) is 4.21 Å². The normalized spacial score (nSPS) is 19.1. The molecule has 3 heteroatoms. The van der Waals surface area contributed by atoms with Crippen LogP contribution in [0.3, 0.4) is 0 Å². The molecule has 1 aliphatic rings. The van der Waals surface area contributed by atoms with Crippen molar-refractivity contribution in [3.05, 3.63) is 29.8 Å². The van der Waals surface area contributed by atoms with Crippen LogP contribution in [0.1, 0.15) is 44.1 Å². The second kappa shape index (κ2) is 6.31. The summed E-state index contributed by atoms with van der Waals surface area (Å²) in [6.45, 7) is 0. The lowest BCUT2D eigenvalue weighted by atomic mass is 9.85. The fourth-order valence-corrected chi connectivity index (χ4v) is 2.99. The van der Waals surface area contributed by atoms with Crippen LogP contribution < -0.4 is 0 Å².